The Labute approximate surface area is 209 Å². The molecule has 3 rings (SSSR count). The summed E-state index contributed by atoms with van der Waals surface area (Å²) in [5.41, 5.74) is 8.03. The van der Waals surface area contributed by atoms with Gasteiger partial charge in [0.1, 0.15) is 6.04 Å². The van der Waals surface area contributed by atoms with Gasteiger partial charge in [0, 0.05) is 6.42 Å². The minimum absolute atomic E-state index is 0.161. The van der Waals surface area contributed by atoms with Crippen LogP contribution in [0.3, 0.4) is 0 Å². The van der Waals surface area contributed by atoms with Crippen LogP contribution >= 0.6 is 0 Å². The number of nitrogens with two attached hydrogens (primary N) is 1. The smallest absolute Gasteiger partial charge is 0.239 e. The van der Waals surface area contributed by atoms with E-state index in [0.29, 0.717) is 6.42 Å². The van der Waals surface area contributed by atoms with E-state index >= 15 is 0 Å². The van der Waals surface area contributed by atoms with Crippen LogP contribution in [-0.2, 0) is 15.0 Å². The van der Waals surface area contributed by atoms with Crippen molar-refractivity contribution in [3.8, 4) is 0 Å². The summed E-state index contributed by atoms with van der Waals surface area (Å²) in [6.45, 7) is 3.75. The molecule has 0 bridgehead atoms. The molecule has 0 fully saturated rings. The molecular weight excluding hydrogens is 432 g/mol. The van der Waals surface area contributed by atoms with Gasteiger partial charge in [-0.3, -0.25) is 9.59 Å². The predicted molar refractivity (Wildman–Crippen MR) is 143 cm³/mol. The van der Waals surface area contributed by atoms with Crippen LogP contribution in [-0.4, -0.2) is 17.9 Å². The largest absolute Gasteiger partial charge is 0.368 e. The highest BCUT2D eigenvalue weighted by Gasteiger charge is 2.39. The Balaban J connectivity index is 1.88. The maximum absolute atomic E-state index is 13.5. The molecule has 0 unspecified atom stereocenters. The van der Waals surface area contributed by atoms with Gasteiger partial charge in [0.05, 0.1) is 5.41 Å². The molecule has 2 amide bonds. The molecule has 0 aromatic heterocycles. The van der Waals surface area contributed by atoms with E-state index < -0.39 is 17.4 Å². The molecule has 3 aromatic carbocycles. The van der Waals surface area contributed by atoms with Gasteiger partial charge in [0.2, 0.25) is 11.8 Å². The molecule has 1 atom stereocenters. The first-order valence-corrected chi connectivity index (χ1v) is 12.4. The average Bonchev–Trinajstić information content (AvgIpc) is 2.90. The molecule has 0 saturated heterocycles. The van der Waals surface area contributed by atoms with Gasteiger partial charge in [0.15, 0.2) is 0 Å². The topological polar surface area (TPSA) is 72.2 Å². The summed E-state index contributed by atoms with van der Waals surface area (Å²) in [6.07, 6.45) is 7.62. The minimum Gasteiger partial charge on any atom is -0.368 e. The third kappa shape index (κ3) is 6.92. The number of amides is 2. The highest BCUT2D eigenvalue weighted by molar-refractivity contribution is 5.87. The van der Waals surface area contributed by atoms with Crippen molar-refractivity contribution in [2.75, 3.05) is 0 Å². The normalized spacial score (nSPS) is 12.0. The van der Waals surface area contributed by atoms with Crippen molar-refractivity contribution in [1.29, 1.82) is 0 Å². The number of nitrogens with one attached hydrogen (secondary N) is 1. The second-order valence-corrected chi connectivity index (χ2v) is 8.98. The van der Waals surface area contributed by atoms with Gasteiger partial charge in [-0.1, -0.05) is 116 Å². The number of benzene rings is 3. The van der Waals surface area contributed by atoms with Gasteiger partial charge in [-0.25, -0.2) is 0 Å². The summed E-state index contributed by atoms with van der Waals surface area (Å²) in [7, 11) is 0. The summed E-state index contributed by atoms with van der Waals surface area (Å²) in [5.74, 6) is -0.689. The molecule has 3 N–H and O–H groups in total. The van der Waals surface area contributed by atoms with Crippen LogP contribution in [0.4, 0.5) is 0 Å². The summed E-state index contributed by atoms with van der Waals surface area (Å²) >= 11 is 0. The first-order valence-electron chi connectivity index (χ1n) is 12.4. The highest BCUT2D eigenvalue weighted by atomic mass is 16.2. The van der Waals surface area contributed by atoms with Crippen molar-refractivity contribution in [3.05, 3.63) is 120 Å². The molecule has 0 aliphatic carbocycles. The van der Waals surface area contributed by atoms with Crippen LogP contribution in [0.25, 0.3) is 0 Å². The fourth-order valence-electron chi connectivity index (χ4n) is 4.74. The second kappa shape index (κ2) is 13.3. The molecule has 35 heavy (non-hydrogen) atoms. The van der Waals surface area contributed by atoms with Crippen molar-refractivity contribution in [1.82, 2.24) is 5.32 Å². The predicted octanol–water partition coefficient (Wildman–Crippen LogP) is 5.91. The zero-order chi connectivity index (χ0) is 24.9. The molecule has 0 saturated carbocycles. The second-order valence-electron chi connectivity index (χ2n) is 8.98. The Morgan fingerprint density at radius 2 is 1.23 bits per heavy atom. The van der Waals surface area contributed by atoms with Crippen molar-refractivity contribution >= 4 is 11.8 Å². The molecular formula is C31H36N2O2. The summed E-state index contributed by atoms with van der Waals surface area (Å²) < 4.78 is 0. The molecule has 182 valence electrons. The Bertz CT molecular complexity index is 968. The zero-order valence-electron chi connectivity index (χ0n) is 20.4. The summed E-state index contributed by atoms with van der Waals surface area (Å²) in [5, 5.41) is 2.95. The number of hydrogen-bond donors (Lipinski definition) is 2. The third-order valence-corrected chi connectivity index (χ3v) is 6.56. The van der Waals surface area contributed by atoms with Crippen molar-refractivity contribution in [3.63, 3.8) is 0 Å². The molecule has 0 radical (unpaired) electrons. The van der Waals surface area contributed by atoms with E-state index in [-0.39, 0.29) is 12.3 Å². The maximum atomic E-state index is 13.5. The van der Waals surface area contributed by atoms with E-state index in [2.05, 4.69) is 48.3 Å². The van der Waals surface area contributed by atoms with Gasteiger partial charge in [-0.15, -0.1) is 6.58 Å². The minimum atomic E-state index is -0.708. The quantitative estimate of drug-likeness (QED) is 0.175. The lowest BCUT2D eigenvalue weighted by molar-refractivity contribution is -0.128. The van der Waals surface area contributed by atoms with Gasteiger partial charge in [-0.05, 0) is 36.0 Å². The van der Waals surface area contributed by atoms with Gasteiger partial charge < -0.3 is 11.1 Å². The number of carbonyl (C=O) groups excluding carboxylic acids is 2. The van der Waals surface area contributed by atoms with Crippen LogP contribution in [0.5, 0.6) is 0 Å². The Morgan fingerprint density at radius 1 is 0.771 bits per heavy atom. The average molecular weight is 469 g/mol. The lowest BCUT2D eigenvalue weighted by atomic mass is 9.67. The van der Waals surface area contributed by atoms with E-state index in [4.69, 9.17) is 5.73 Å². The van der Waals surface area contributed by atoms with Crippen LogP contribution in [0.2, 0.25) is 0 Å². The van der Waals surface area contributed by atoms with Crippen LogP contribution in [0.1, 0.15) is 61.6 Å². The Morgan fingerprint density at radius 3 is 1.66 bits per heavy atom. The highest BCUT2D eigenvalue weighted by Crippen LogP contribution is 2.42. The van der Waals surface area contributed by atoms with E-state index in [9.17, 15) is 9.59 Å². The van der Waals surface area contributed by atoms with Crippen molar-refractivity contribution in [2.24, 2.45) is 5.73 Å². The van der Waals surface area contributed by atoms with Gasteiger partial charge >= 0.3 is 0 Å². The SMILES string of the molecule is C=CCCCCCC[C@@H](NC(=O)CC(c1ccccc1)(c1ccccc1)c1ccccc1)C(N)=O. The number of hydrogen-bond acceptors (Lipinski definition) is 2. The molecule has 3 aromatic rings. The fraction of sp³-hybridized carbons (Fsp3) is 0.290. The fourth-order valence-corrected chi connectivity index (χ4v) is 4.74. The number of primary amides is 1. The number of unbranched alkanes of at least 4 members (excludes halogenated alkanes) is 4. The van der Waals surface area contributed by atoms with Gasteiger partial charge in [-0.2, -0.15) is 0 Å². The molecule has 0 aliphatic rings. The molecule has 0 heterocycles. The van der Waals surface area contributed by atoms with Crippen LogP contribution in [0, 0.1) is 0 Å². The van der Waals surface area contributed by atoms with Crippen molar-refractivity contribution < 1.29 is 9.59 Å². The maximum Gasteiger partial charge on any atom is 0.239 e. The first kappa shape index (κ1) is 26.0. The standard InChI is InChI=1S/C31H36N2O2/c1-2-3-4-5-6-16-23-28(30(32)35)33-29(34)24-31(25-17-10-7-11-18-25,26-19-12-8-13-20-26)27-21-14-9-15-22-27/h2,7-15,17-22,28H,1,3-6,16,23-24H2,(H2,32,35)(H,33,34)/t28-/m1/s1. The zero-order valence-corrected chi connectivity index (χ0v) is 20.4. The van der Waals surface area contributed by atoms with Crippen LogP contribution < -0.4 is 11.1 Å². The lowest BCUT2D eigenvalue weighted by Crippen LogP contribution is -2.47. The van der Waals surface area contributed by atoms with E-state index in [1.54, 1.807) is 0 Å². The van der Waals surface area contributed by atoms with Crippen molar-refractivity contribution in [2.45, 2.75) is 56.4 Å². The van der Waals surface area contributed by atoms with E-state index in [1.165, 1.54) is 0 Å². The van der Waals surface area contributed by atoms with E-state index in [0.717, 1.165) is 48.8 Å². The number of allylic oxidation sites excluding steroid dienone is 1. The van der Waals surface area contributed by atoms with Gasteiger partial charge in [0.25, 0.3) is 0 Å². The Hall–Kier alpha value is -3.66. The molecule has 4 heteroatoms. The third-order valence-electron chi connectivity index (χ3n) is 6.56. The van der Waals surface area contributed by atoms with Crippen LogP contribution in [0.15, 0.2) is 104 Å². The van der Waals surface area contributed by atoms with E-state index in [1.807, 2.05) is 60.7 Å². The number of carbonyl (C=O) groups is 2. The lowest BCUT2D eigenvalue weighted by Gasteiger charge is -2.36. The monoisotopic (exact) mass is 468 g/mol. The first-order chi connectivity index (χ1) is 17.1. The number of rotatable bonds is 14. The molecule has 0 spiro atoms. The summed E-state index contributed by atoms with van der Waals surface area (Å²) in [6, 6.07) is 29.5. The molecule has 4 nitrogen and oxygen atoms in total. The summed E-state index contributed by atoms with van der Waals surface area (Å²) in [4.78, 5) is 25.7. The molecule has 0 aliphatic heterocycles. The Kier molecular flexibility index (Phi) is 9.85.